The summed E-state index contributed by atoms with van der Waals surface area (Å²) in [7, 11) is 1.61. The van der Waals surface area contributed by atoms with Crippen molar-refractivity contribution in [1.82, 2.24) is 4.90 Å². The minimum absolute atomic E-state index is 0.0904. The quantitative estimate of drug-likeness (QED) is 0.661. The fourth-order valence-electron chi connectivity index (χ4n) is 3.21. The Balaban J connectivity index is 1.74. The van der Waals surface area contributed by atoms with Gasteiger partial charge < -0.3 is 18.8 Å². The minimum Gasteiger partial charge on any atom is -0.493 e. The van der Waals surface area contributed by atoms with Crippen molar-refractivity contribution in [2.45, 2.75) is 6.54 Å². The maximum atomic E-state index is 12.7. The van der Waals surface area contributed by atoms with E-state index >= 15 is 0 Å². The van der Waals surface area contributed by atoms with Gasteiger partial charge in [-0.1, -0.05) is 23.7 Å². The molecule has 1 aromatic heterocycles. The van der Waals surface area contributed by atoms with Gasteiger partial charge in [-0.3, -0.25) is 4.79 Å². The van der Waals surface area contributed by atoms with Crippen molar-refractivity contribution in [3.8, 4) is 22.6 Å². The molecule has 0 aliphatic carbocycles. The van der Waals surface area contributed by atoms with Crippen LogP contribution in [0.4, 0.5) is 0 Å². The third kappa shape index (κ3) is 3.51. The van der Waals surface area contributed by atoms with E-state index in [1.807, 2.05) is 36.4 Å². The van der Waals surface area contributed by atoms with Gasteiger partial charge in [0.25, 0.3) is 5.91 Å². The van der Waals surface area contributed by atoms with Crippen LogP contribution < -0.4 is 9.47 Å². The van der Waals surface area contributed by atoms with Gasteiger partial charge in [-0.2, -0.15) is 0 Å². The highest BCUT2D eigenvalue weighted by Gasteiger charge is 2.24. The molecular formula is C21H18ClNO4. The summed E-state index contributed by atoms with van der Waals surface area (Å²) in [5, 5.41) is 0.662. The smallest absolute Gasteiger partial charge is 0.257 e. The van der Waals surface area contributed by atoms with E-state index in [4.69, 9.17) is 25.5 Å². The first-order valence-corrected chi connectivity index (χ1v) is 8.94. The van der Waals surface area contributed by atoms with E-state index in [0.717, 1.165) is 16.7 Å². The predicted octanol–water partition coefficient (Wildman–Crippen LogP) is 4.64. The number of nitrogens with zero attached hydrogens (tertiary/aromatic N) is 1. The zero-order valence-electron chi connectivity index (χ0n) is 14.8. The van der Waals surface area contributed by atoms with Gasteiger partial charge >= 0.3 is 0 Å². The zero-order chi connectivity index (χ0) is 18.8. The van der Waals surface area contributed by atoms with Crippen LogP contribution in [-0.2, 0) is 6.54 Å². The maximum Gasteiger partial charge on any atom is 0.257 e. The van der Waals surface area contributed by atoms with Crippen molar-refractivity contribution < 1.29 is 18.7 Å². The lowest BCUT2D eigenvalue weighted by Gasteiger charge is -2.19. The fourth-order valence-corrected chi connectivity index (χ4v) is 3.40. The summed E-state index contributed by atoms with van der Waals surface area (Å²) in [6.45, 7) is 1.29. The molecule has 3 aromatic rings. The molecule has 2 aromatic carbocycles. The summed E-state index contributed by atoms with van der Waals surface area (Å²) < 4.78 is 16.5. The van der Waals surface area contributed by atoms with Gasteiger partial charge in [-0.15, -0.1) is 0 Å². The second kappa shape index (κ2) is 7.37. The number of fused-ring (bicyclic) bond motifs is 1. The summed E-state index contributed by atoms with van der Waals surface area (Å²) in [4.78, 5) is 14.5. The minimum atomic E-state index is -0.0904. The molecule has 0 saturated carbocycles. The number of hydrogen-bond donors (Lipinski definition) is 0. The highest BCUT2D eigenvalue weighted by atomic mass is 35.5. The molecule has 0 bridgehead atoms. The first kappa shape index (κ1) is 17.5. The molecule has 2 heterocycles. The first-order chi connectivity index (χ1) is 13.2. The number of carbonyl (C=O) groups is 1. The topological polar surface area (TPSA) is 51.9 Å². The van der Waals surface area contributed by atoms with E-state index in [1.165, 1.54) is 12.5 Å². The molecule has 0 fully saturated rings. The number of rotatable bonds is 3. The Hall–Kier alpha value is -2.92. The molecule has 0 N–H and O–H groups in total. The van der Waals surface area contributed by atoms with E-state index in [2.05, 4.69) is 0 Å². The average molecular weight is 384 g/mol. The summed E-state index contributed by atoms with van der Waals surface area (Å²) in [6.07, 6.45) is 2.95. The van der Waals surface area contributed by atoms with Crippen LogP contribution >= 0.6 is 11.6 Å². The van der Waals surface area contributed by atoms with E-state index in [-0.39, 0.29) is 5.91 Å². The largest absolute Gasteiger partial charge is 0.493 e. The number of hydrogen-bond acceptors (Lipinski definition) is 4. The number of halogens is 1. The monoisotopic (exact) mass is 383 g/mol. The molecule has 0 saturated heterocycles. The van der Waals surface area contributed by atoms with E-state index in [0.29, 0.717) is 41.8 Å². The van der Waals surface area contributed by atoms with E-state index in [1.54, 1.807) is 18.1 Å². The Kier molecular flexibility index (Phi) is 4.77. The van der Waals surface area contributed by atoms with Gasteiger partial charge in [0, 0.05) is 17.1 Å². The predicted molar refractivity (Wildman–Crippen MR) is 102 cm³/mol. The molecule has 138 valence electrons. The van der Waals surface area contributed by atoms with Crippen LogP contribution in [0.25, 0.3) is 11.1 Å². The SMILES string of the molecule is COc1cc(-c2cccc(Cl)c2)cc2c1OCCN(C(=O)c1ccoc1)C2. The Morgan fingerprint density at radius 2 is 2.07 bits per heavy atom. The van der Waals surface area contributed by atoms with Gasteiger partial charge in [0.2, 0.25) is 0 Å². The number of amides is 1. The molecule has 0 spiro atoms. The normalized spacial score (nSPS) is 13.5. The first-order valence-electron chi connectivity index (χ1n) is 8.57. The van der Waals surface area contributed by atoms with Crippen LogP contribution in [-0.4, -0.2) is 31.1 Å². The van der Waals surface area contributed by atoms with E-state index < -0.39 is 0 Å². The zero-order valence-corrected chi connectivity index (χ0v) is 15.5. The second-order valence-electron chi connectivity index (χ2n) is 6.26. The number of carbonyl (C=O) groups excluding carboxylic acids is 1. The lowest BCUT2D eigenvalue weighted by atomic mass is 10.0. The van der Waals surface area contributed by atoms with Gasteiger partial charge in [0.1, 0.15) is 12.9 Å². The van der Waals surface area contributed by atoms with Crippen LogP contribution in [0.2, 0.25) is 5.02 Å². The number of furan rings is 1. The van der Waals surface area contributed by atoms with Gasteiger partial charge in [-0.05, 0) is 41.5 Å². The number of methoxy groups -OCH3 is 1. The fraction of sp³-hybridized carbons (Fsp3) is 0.190. The van der Waals surface area contributed by atoms with Crippen molar-refractivity contribution in [3.05, 3.63) is 71.1 Å². The van der Waals surface area contributed by atoms with Crippen molar-refractivity contribution >= 4 is 17.5 Å². The molecule has 5 nitrogen and oxygen atoms in total. The molecule has 1 amide bonds. The van der Waals surface area contributed by atoms with Crippen LogP contribution in [0.1, 0.15) is 15.9 Å². The van der Waals surface area contributed by atoms with Gasteiger partial charge in [-0.25, -0.2) is 0 Å². The molecule has 4 rings (SSSR count). The number of ether oxygens (including phenoxy) is 2. The molecule has 0 unspecified atom stereocenters. The molecule has 1 aliphatic rings. The average Bonchev–Trinajstić information content (AvgIpc) is 3.13. The van der Waals surface area contributed by atoms with Crippen molar-refractivity contribution in [2.24, 2.45) is 0 Å². The number of benzene rings is 2. The summed E-state index contributed by atoms with van der Waals surface area (Å²) in [5.74, 6) is 1.22. The Morgan fingerprint density at radius 1 is 1.19 bits per heavy atom. The van der Waals surface area contributed by atoms with Crippen molar-refractivity contribution in [3.63, 3.8) is 0 Å². The third-order valence-corrected chi connectivity index (χ3v) is 4.77. The lowest BCUT2D eigenvalue weighted by molar-refractivity contribution is 0.0732. The Morgan fingerprint density at radius 3 is 2.81 bits per heavy atom. The highest BCUT2D eigenvalue weighted by Crippen LogP contribution is 2.39. The molecule has 6 heteroatoms. The maximum absolute atomic E-state index is 12.7. The van der Waals surface area contributed by atoms with Crippen LogP contribution in [0.15, 0.2) is 59.4 Å². The third-order valence-electron chi connectivity index (χ3n) is 4.53. The standard InChI is InChI=1S/C21H18ClNO4/c1-25-19-11-16(14-3-2-4-18(22)10-14)9-17-12-23(6-8-27-20(17)19)21(24)15-5-7-26-13-15/h2-5,7,9-11,13H,6,8,12H2,1H3. The molecular weight excluding hydrogens is 366 g/mol. The second-order valence-corrected chi connectivity index (χ2v) is 6.70. The van der Waals surface area contributed by atoms with Crippen LogP contribution in [0.5, 0.6) is 11.5 Å². The van der Waals surface area contributed by atoms with Gasteiger partial charge in [0.05, 0.1) is 25.5 Å². The molecule has 0 atom stereocenters. The van der Waals surface area contributed by atoms with Crippen LogP contribution in [0.3, 0.4) is 0 Å². The van der Waals surface area contributed by atoms with Crippen molar-refractivity contribution in [1.29, 1.82) is 0 Å². The Labute approximate surface area is 162 Å². The van der Waals surface area contributed by atoms with E-state index in [9.17, 15) is 4.79 Å². The molecule has 1 aliphatic heterocycles. The lowest BCUT2D eigenvalue weighted by Crippen LogP contribution is -2.32. The van der Waals surface area contributed by atoms with Gasteiger partial charge in [0.15, 0.2) is 11.5 Å². The molecule has 0 radical (unpaired) electrons. The van der Waals surface area contributed by atoms with Crippen molar-refractivity contribution in [2.75, 3.05) is 20.3 Å². The highest BCUT2D eigenvalue weighted by molar-refractivity contribution is 6.30. The summed E-state index contributed by atoms with van der Waals surface area (Å²) >= 11 is 6.14. The summed E-state index contributed by atoms with van der Waals surface area (Å²) in [6, 6.07) is 13.2. The van der Waals surface area contributed by atoms with Crippen LogP contribution in [0, 0.1) is 0 Å². The Bertz CT molecular complexity index is 968. The molecule has 27 heavy (non-hydrogen) atoms. The summed E-state index contributed by atoms with van der Waals surface area (Å²) in [5.41, 5.74) is 3.34.